The topological polar surface area (TPSA) is 11.4 Å². The first-order valence-electron chi connectivity index (χ1n) is 22.4. The second-order valence-corrected chi connectivity index (χ2v) is 17.1. The third-order valence-electron chi connectivity index (χ3n) is 13.8. The quantitative estimate of drug-likeness (QED) is 0.159. The van der Waals surface area contributed by atoms with Gasteiger partial charge in [0.2, 0.25) is 0 Å². The third kappa shape index (κ3) is 5.28. The molecule has 64 heavy (non-hydrogen) atoms. The Kier molecular flexibility index (Phi) is 8.26. The van der Waals surface area contributed by atoms with Crippen molar-refractivity contribution in [3.63, 3.8) is 0 Å². The second-order valence-electron chi connectivity index (χ2n) is 17.1. The molecule has 1 aliphatic heterocycles. The van der Waals surface area contributed by atoms with E-state index in [9.17, 15) is 0 Å². The summed E-state index contributed by atoms with van der Waals surface area (Å²) in [6, 6.07) is 83.0. The molecule has 0 amide bonds. The number of hydrogen-bond donors (Lipinski definition) is 0. The van der Waals surface area contributed by atoms with E-state index in [0.717, 1.165) is 35.6 Å². The van der Waals surface area contributed by atoms with Gasteiger partial charge in [0.15, 0.2) is 0 Å². The van der Waals surface area contributed by atoms with Gasteiger partial charge in [-0.15, -0.1) is 0 Å². The summed E-state index contributed by atoms with van der Waals surface area (Å²) in [5, 5.41) is 1.27. The molecule has 10 aromatic rings. The van der Waals surface area contributed by atoms with Gasteiger partial charge in [0, 0.05) is 50.5 Å². The number of para-hydroxylation sites is 4. The van der Waals surface area contributed by atoms with E-state index in [0.29, 0.717) is 0 Å². The summed E-state index contributed by atoms with van der Waals surface area (Å²) in [5.41, 5.74) is 21.4. The zero-order chi connectivity index (χ0) is 42.2. The highest BCUT2D eigenvalue weighted by molar-refractivity contribution is 6.02. The predicted molar refractivity (Wildman–Crippen MR) is 266 cm³/mol. The van der Waals surface area contributed by atoms with Crippen LogP contribution >= 0.6 is 0 Å². The molecule has 9 aromatic carbocycles. The van der Waals surface area contributed by atoms with Gasteiger partial charge in [0.05, 0.1) is 28.0 Å². The molecular formula is C61H43N3. The van der Waals surface area contributed by atoms with Gasteiger partial charge in [-0.3, -0.25) is 0 Å². The monoisotopic (exact) mass is 817 g/mol. The van der Waals surface area contributed by atoms with Crippen molar-refractivity contribution < 1.29 is 0 Å². The second kappa shape index (κ2) is 14.5. The van der Waals surface area contributed by atoms with Crippen LogP contribution in [0.3, 0.4) is 0 Å². The van der Waals surface area contributed by atoms with Crippen LogP contribution in [0.5, 0.6) is 0 Å². The van der Waals surface area contributed by atoms with Crippen molar-refractivity contribution >= 4 is 51.1 Å². The summed E-state index contributed by atoms with van der Waals surface area (Å²) in [4.78, 5) is 4.98. The zero-order valence-electron chi connectivity index (χ0n) is 35.3. The van der Waals surface area contributed by atoms with Crippen molar-refractivity contribution in [2.24, 2.45) is 0 Å². The van der Waals surface area contributed by atoms with Gasteiger partial charge >= 0.3 is 0 Å². The first-order chi connectivity index (χ1) is 31.8. The Morgan fingerprint density at radius 3 is 1.92 bits per heavy atom. The average Bonchev–Trinajstić information content (AvgIpc) is 3.86. The number of anilines is 6. The fraction of sp³-hybridized carbons (Fsp3) is 0.0492. The third-order valence-corrected chi connectivity index (χ3v) is 13.8. The molecule has 2 heterocycles. The van der Waals surface area contributed by atoms with Crippen LogP contribution in [0.15, 0.2) is 231 Å². The van der Waals surface area contributed by atoms with E-state index in [-0.39, 0.29) is 0 Å². The Balaban J connectivity index is 1.10. The van der Waals surface area contributed by atoms with E-state index >= 15 is 0 Å². The van der Waals surface area contributed by atoms with E-state index in [1.165, 1.54) is 83.7 Å². The standard InChI is InChI=1S/C61H43N3/c1-5-20-42(21-6-1)48-28-13-16-32-55(48)62(47-37-39-51-50-29-14-17-33-56(50)63(59(51)41-47)44-24-9-3-10-25-44)46-36-38-49-52-30-19-35-58-60(52)61(54(49)40-46,43-22-7-2-8-23-43)53-31-15-18-34-57(53)64(58)45-26-11-4-12-27-45/h1-16,18-32,34-41H,17,33H2. The van der Waals surface area contributed by atoms with Crippen LogP contribution in [0, 0.1) is 0 Å². The highest BCUT2D eigenvalue weighted by Crippen LogP contribution is 2.65. The van der Waals surface area contributed by atoms with Crippen LogP contribution in [-0.4, -0.2) is 4.57 Å². The Morgan fingerprint density at radius 2 is 1.11 bits per heavy atom. The normalized spacial score (nSPS) is 15.3. The molecule has 3 nitrogen and oxygen atoms in total. The van der Waals surface area contributed by atoms with Gasteiger partial charge in [-0.05, 0) is 113 Å². The molecule has 0 radical (unpaired) electrons. The van der Waals surface area contributed by atoms with Gasteiger partial charge in [-0.2, -0.15) is 0 Å². The van der Waals surface area contributed by atoms with Crippen molar-refractivity contribution in [2.45, 2.75) is 18.3 Å². The maximum Gasteiger partial charge on any atom is 0.0755 e. The predicted octanol–water partition coefficient (Wildman–Crippen LogP) is 15.9. The number of nitrogens with zero attached hydrogens (tertiary/aromatic N) is 3. The first-order valence-corrected chi connectivity index (χ1v) is 22.4. The lowest BCUT2D eigenvalue weighted by atomic mass is 9.65. The Hall–Kier alpha value is -8.14. The molecule has 3 heteroatoms. The highest BCUT2D eigenvalue weighted by atomic mass is 15.2. The van der Waals surface area contributed by atoms with E-state index in [1.54, 1.807) is 0 Å². The lowest BCUT2D eigenvalue weighted by molar-refractivity contribution is 0.753. The van der Waals surface area contributed by atoms with Gasteiger partial charge < -0.3 is 14.4 Å². The lowest BCUT2D eigenvalue weighted by Crippen LogP contribution is -2.36. The number of benzene rings is 9. The van der Waals surface area contributed by atoms with Crippen molar-refractivity contribution in [1.82, 2.24) is 4.57 Å². The minimum absolute atomic E-state index is 0.581. The fourth-order valence-electron chi connectivity index (χ4n) is 11.3. The van der Waals surface area contributed by atoms with E-state index in [1.807, 2.05) is 0 Å². The molecular weight excluding hydrogens is 775 g/mol. The SMILES string of the molecule is C1=Cc2c(n(-c3ccccc3)c3cc(N(c4ccc5c(c4)C4(c6ccccc6)c6ccccc6N(c6ccccc6)c6cccc-5c64)c4ccccc4-c4ccccc4)ccc23)CC1. The lowest BCUT2D eigenvalue weighted by Gasteiger charge is -2.44. The molecule has 0 spiro atoms. The molecule has 0 bridgehead atoms. The number of aromatic nitrogens is 1. The summed E-state index contributed by atoms with van der Waals surface area (Å²) < 4.78 is 2.50. The van der Waals surface area contributed by atoms with Crippen LogP contribution in [0.4, 0.5) is 34.1 Å². The summed E-state index contributed by atoms with van der Waals surface area (Å²) in [7, 11) is 0. The van der Waals surface area contributed by atoms with Crippen LogP contribution in [0.25, 0.3) is 44.9 Å². The van der Waals surface area contributed by atoms with Crippen molar-refractivity contribution in [2.75, 3.05) is 9.80 Å². The Labute approximate surface area is 374 Å². The fourth-order valence-corrected chi connectivity index (χ4v) is 11.3. The smallest absolute Gasteiger partial charge is 0.0755 e. The largest absolute Gasteiger partial charge is 0.313 e. The van der Waals surface area contributed by atoms with Crippen molar-refractivity contribution in [3.8, 4) is 27.9 Å². The Morgan fingerprint density at radius 1 is 0.469 bits per heavy atom. The molecule has 2 aliphatic carbocycles. The van der Waals surface area contributed by atoms with Gasteiger partial charge in [0.1, 0.15) is 0 Å². The number of rotatable bonds is 7. The number of fused-ring (bicyclic) bond motifs is 8. The van der Waals surface area contributed by atoms with Gasteiger partial charge in [0.25, 0.3) is 0 Å². The minimum Gasteiger partial charge on any atom is -0.313 e. The first kappa shape index (κ1) is 36.5. The summed E-state index contributed by atoms with van der Waals surface area (Å²) >= 11 is 0. The van der Waals surface area contributed by atoms with Crippen LogP contribution in [-0.2, 0) is 11.8 Å². The molecule has 0 saturated heterocycles. The summed E-state index contributed by atoms with van der Waals surface area (Å²) in [6.07, 6.45) is 6.70. The van der Waals surface area contributed by atoms with Crippen LogP contribution in [0.1, 0.15) is 39.9 Å². The van der Waals surface area contributed by atoms with Gasteiger partial charge in [-0.25, -0.2) is 0 Å². The molecule has 1 atom stereocenters. The van der Waals surface area contributed by atoms with Crippen LogP contribution in [0.2, 0.25) is 0 Å². The van der Waals surface area contributed by atoms with Crippen molar-refractivity contribution in [3.05, 3.63) is 264 Å². The highest BCUT2D eigenvalue weighted by Gasteiger charge is 2.52. The molecule has 3 aliphatic rings. The van der Waals surface area contributed by atoms with E-state index in [4.69, 9.17) is 0 Å². The molecule has 0 saturated carbocycles. The Bertz CT molecular complexity index is 3440. The molecule has 0 N–H and O–H groups in total. The van der Waals surface area contributed by atoms with E-state index < -0.39 is 5.41 Å². The maximum absolute atomic E-state index is 2.51. The van der Waals surface area contributed by atoms with Crippen molar-refractivity contribution in [1.29, 1.82) is 0 Å². The number of hydrogen-bond acceptors (Lipinski definition) is 2. The molecule has 1 unspecified atom stereocenters. The maximum atomic E-state index is 2.51. The molecule has 302 valence electrons. The van der Waals surface area contributed by atoms with E-state index in [2.05, 4.69) is 251 Å². The summed E-state index contributed by atoms with van der Waals surface area (Å²) in [5.74, 6) is 0. The molecule has 0 fully saturated rings. The zero-order valence-corrected chi connectivity index (χ0v) is 35.3. The number of allylic oxidation sites excluding steroid dienone is 1. The van der Waals surface area contributed by atoms with Crippen LogP contribution < -0.4 is 9.80 Å². The summed E-state index contributed by atoms with van der Waals surface area (Å²) in [6.45, 7) is 0. The molecule has 13 rings (SSSR count). The minimum atomic E-state index is -0.581. The average molecular weight is 818 g/mol. The molecule has 1 aromatic heterocycles. The van der Waals surface area contributed by atoms with Gasteiger partial charge in [-0.1, -0.05) is 170 Å².